The lowest BCUT2D eigenvalue weighted by Crippen LogP contribution is -2.46. The quantitative estimate of drug-likeness (QED) is 0.602. The molecule has 184 valence electrons. The first-order valence-electron chi connectivity index (χ1n) is 12.4. The summed E-state index contributed by atoms with van der Waals surface area (Å²) in [6.45, 7) is 12.9. The van der Waals surface area contributed by atoms with Crippen LogP contribution < -0.4 is 10.5 Å². The van der Waals surface area contributed by atoms with Gasteiger partial charge in [-0.3, -0.25) is 9.59 Å². The Morgan fingerprint density at radius 1 is 1.18 bits per heavy atom. The number of Topliss-reactive ketones (excluding diaryl/α,β-unsaturated/α-hetero) is 1. The van der Waals surface area contributed by atoms with Crippen LogP contribution in [-0.4, -0.2) is 42.0 Å². The highest BCUT2D eigenvalue weighted by atomic mass is 32.2. The van der Waals surface area contributed by atoms with Crippen molar-refractivity contribution in [2.75, 3.05) is 25.4 Å². The lowest BCUT2D eigenvalue weighted by Gasteiger charge is -2.39. The van der Waals surface area contributed by atoms with Crippen LogP contribution in [0.2, 0.25) is 0 Å². The zero-order valence-electron chi connectivity index (χ0n) is 21.3. The second kappa shape index (κ2) is 9.54. The molecular weight excluding hydrogens is 444 g/mol. The Hall–Kier alpha value is -2.05. The predicted octanol–water partition coefficient (Wildman–Crippen LogP) is 5.13. The Morgan fingerprint density at radius 2 is 1.88 bits per heavy atom. The van der Waals surface area contributed by atoms with E-state index >= 15 is 0 Å². The van der Waals surface area contributed by atoms with Gasteiger partial charge in [0.2, 0.25) is 5.91 Å². The normalized spacial score (nSPS) is 24.1. The number of ether oxygens (including phenoxy) is 1. The van der Waals surface area contributed by atoms with Gasteiger partial charge in [0.15, 0.2) is 5.78 Å². The number of hydrogen-bond donors (Lipinski definition) is 1. The molecule has 34 heavy (non-hydrogen) atoms. The summed E-state index contributed by atoms with van der Waals surface area (Å²) in [6, 6.07) is 6.25. The lowest BCUT2D eigenvalue weighted by molar-refractivity contribution is -0.128. The number of fused-ring (bicyclic) bond motifs is 2. The number of thioether (sulfide) groups is 1. The van der Waals surface area contributed by atoms with Crippen molar-refractivity contribution in [3.63, 3.8) is 0 Å². The molecule has 3 aliphatic rings. The van der Waals surface area contributed by atoms with E-state index in [9.17, 15) is 9.59 Å². The van der Waals surface area contributed by atoms with Crippen molar-refractivity contribution in [2.45, 2.75) is 72.3 Å². The van der Waals surface area contributed by atoms with E-state index in [0.717, 1.165) is 58.0 Å². The van der Waals surface area contributed by atoms with E-state index in [1.807, 2.05) is 30.9 Å². The molecule has 1 saturated heterocycles. The molecule has 2 aliphatic heterocycles. The van der Waals surface area contributed by atoms with Gasteiger partial charge in [0.05, 0.1) is 6.61 Å². The molecule has 5 nitrogen and oxygen atoms in total. The van der Waals surface area contributed by atoms with Crippen molar-refractivity contribution in [1.29, 1.82) is 0 Å². The number of nitrogens with zero attached hydrogens (tertiary/aromatic N) is 1. The summed E-state index contributed by atoms with van der Waals surface area (Å²) < 4.78 is 6.03. The van der Waals surface area contributed by atoms with Gasteiger partial charge < -0.3 is 15.4 Å². The third-order valence-corrected chi connectivity index (χ3v) is 8.65. The van der Waals surface area contributed by atoms with Crippen molar-refractivity contribution in [3.05, 3.63) is 51.0 Å². The van der Waals surface area contributed by atoms with Gasteiger partial charge in [0.1, 0.15) is 5.75 Å². The van der Waals surface area contributed by atoms with Gasteiger partial charge in [-0.1, -0.05) is 32.9 Å². The maximum absolute atomic E-state index is 13.7. The van der Waals surface area contributed by atoms with Crippen molar-refractivity contribution >= 4 is 23.5 Å². The zero-order valence-corrected chi connectivity index (χ0v) is 22.1. The summed E-state index contributed by atoms with van der Waals surface area (Å²) in [5.74, 6) is 2.11. The van der Waals surface area contributed by atoms with Crippen molar-refractivity contribution < 1.29 is 14.3 Å². The molecule has 1 amide bonds. The Labute approximate surface area is 208 Å². The number of ketones is 1. The number of nitrogens with two attached hydrogens (primary N) is 1. The maximum atomic E-state index is 13.7. The van der Waals surface area contributed by atoms with E-state index in [1.54, 1.807) is 11.8 Å². The predicted molar refractivity (Wildman–Crippen MR) is 139 cm³/mol. The van der Waals surface area contributed by atoms with E-state index < -0.39 is 0 Å². The summed E-state index contributed by atoms with van der Waals surface area (Å²) in [7, 11) is 0. The molecule has 0 bridgehead atoms. The topological polar surface area (TPSA) is 72.6 Å². The molecule has 1 aliphatic carbocycles. The molecule has 0 radical (unpaired) electrons. The number of hydrogen-bond acceptors (Lipinski definition) is 5. The Balaban J connectivity index is 1.58. The minimum Gasteiger partial charge on any atom is -0.492 e. The van der Waals surface area contributed by atoms with E-state index in [1.165, 1.54) is 5.56 Å². The van der Waals surface area contributed by atoms with Crippen LogP contribution in [0.15, 0.2) is 39.8 Å². The highest BCUT2D eigenvalue weighted by Gasteiger charge is 2.44. The number of likely N-dealkylation sites (tertiary alicyclic amines) is 1. The van der Waals surface area contributed by atoms with E-state index in [4.69, 9.17) is 10.5 Å². The third-order valence-electron chi connectivity index (χ3n) is 7.72. The first-order chi connectivity index (χ1) is 16.1. The number of rotatable bonds is 4. The monoisotopic (exact) mass is 482 g/mol. The SMILES string of the molecule is CCS/C(C)=C1\C(=O)CC(C)(C)C\C1=C(\C)C(=O)N1CCC2(CC1)COc1ccc(CN)cc12. The molecule has 0 atom stereocenters. The second-order valence-corrected chi connectivity index (χ2v) is 12.3. The molecular formula is C28H38N2O3S. The maximum Gasteiger partial charge on any atom is 0.249 e. The summed E-state index contributed by atoms with van der Waals surface area (Å²) in [5, 5.41) is 0. The number of piperidine rings is 1. The van der Waals surface area contributed by atoms with Gasteiger partial charge in [-0.15, -0.1) is 11.8 Å². The van der Waals surface area contributed by atoms with Crippen molar-refractivity contribution in [1.82, 2.24) is 4.90 Å². The van der Waals surface area contributed by atoms with Crippen LogP contribution in [0.5, 0.6) is 5.75 Å². The molecule has 2 fully saturated rings. The number of benzene rings is 1. The van der Waals surface area contributed by atoms with Crippen LogP contribution in [0.25, 0.3) is 0 Å². The standard InChI is InChI=1S/C28H38N2O3S/c1-6-34-19(3)25-21(14-27(4,5)15-23(25)31)18(2)26(32)30-11-9-28(10-12-30)17-33-24-8-7-20(16-29)13-22(24)28/h7-8,13H,6,9-12,14-17,29H2,1-5H3/b21-18+,25-19-. The van der Waals surface area contributed by atoms with Gasteiger partial charge >= 0.3 is 0 Å². The van der Waals surface area contributed by atoms with E-state index in [-0.39, 0.29) is 22.5 Å². The highest BCUT2D eigenvalue weighted by molar-refractivity contribution is 8.03. The molecule has 0 aromatic heterocycles. The number of allylic oxidation sites excluding steroid dienone is 3. The molecule has 1 spiro atoms. The van der Waals surface area contributed by atoms with Crippen LogP contribution in [0.3, 0.4) is 0 Å². The van der Waals surface area contributed by atoms with E-state index in [2.05, 4.69) is 26.8 Å². The van der Waals surface area contributed by atoms with Crippen LogP contribution in [0, 0.1) is 5.41 Å². The summed E-state index contributed by atoms with van der Waals surface area (Å²) >= 11 is 1.70. The van der Waals surface area contributed by atoms with Crippen LogP contribution in [0.4, 0.5) is 0 Å². The van der Waals surface area contributed by atoms with Gasteiger partial charge in [0.25, 0.3) is 0 Å². The lowest BCUT2D eigenvalue weighted by atomic mass is 9.70. The fourth-order valence-corrected chi connectivity index (χ4v) is 6.61. The minimum atomic E-state index is -0.133. The van der Waals surface area contributed by atoms with Crippen LogP contribution in [0.1, 0.15) is 71.4 Å². The number of carbonyl (C=O) groups is 2. The van der Waals surface area contributed by atoms with Gasteiger partial charge in [-0.25, -0.2) is 0 Å². The molecule has 6 heteroatoms. The molecule has 2 heterocycles. The number of carbonyl (C=O) groups excluding carboxylic acids is 2. The highest BCUT2D eigenvalue weighted by Crippen LogP contribution is 2.47. The molecule has 1 aromatic carbocycles. The van der Waals surface area contributed by atoms with Crippen molar-refractivity contribution in [3.8, 4) is 5.75 Å². The molecule has 0 unspecified atom stereocenters. The third kappa shape index (κ3) is 4.59. The van der Waals surface area contributed by atoms with Gasteiger partial charge in [-0.2, -0.15) is 0 Å². The molecule has 1 aromatic rings. The Morgan fingerprint density at radius 3 is 2.53 bits per heavy atom. The fourth-order valence-electron chi connectivity index (χ4n) is 5.79. The Kier molecular flexibility index (Phi) is 7.03. The summed E-state index contributed by atoms with van der Waals surface area (Å²) in [4.78, 5) is 29.8. The number of amides is 1. The fraction of sp³-hybridized carbons (Fsp3) is 0.571. The summed E-state index contributed by atoms with van der Waals surface area (Å²) in [5.41, 5.74) is 10.5. The van der Waals surface area contributed by atoms with Crippen molar-refractivity contribution in [2.24, 2.45) is 11.1 Å². The van der Waals surface area contributed by atoms with Crippen LogP contribution >= 0.6 is 11.8 Å². The first kappa shape index (κ1) is 25.1. The smallest absolute Gasteiger partial charge is 0.249 e. The minimum absolute atomic E-state index is 0.0411. The average molecular weight is 483 g/mol. The Bertz CT molecular complexity index is 1060. The molecule has 4 rings (SSSR count). The zero-order chi connectivity index (χ0) is 24.7. The average Bonchev–Trinajstić information content (AvgIpc) is 3.14. The largest absolute Gasteiger partial charge is 0.492 e. The van der Waals surface area contributed by atoms with Gasteiger partial charge in [0, 0.05) is 48.2 Å². The summed E-state index contributed by atoms with van der Waals surface area (Å²) in [6.07, 6.45) is 3.04. The molecule has 2 N–H and O–H groups in total. The molecule has 1 saturated carbocycles. The second-order valence-electron chi connectivity index (χ2n) is 10.8. The first-order valence-corrected chi connectivity index (χ1v) is 13.4. The van der Waals surface area contributed by atoms with Crippen LogP contribution in [-0.2, 0) is 21.5 Å². The van der Waals surface area contributed by atoms with Gasteiger partial charge in [-0.05, 0) is 66.4 Å². The van der Waals surface area contributed by atoms with E-state index in [0.29, 0.717) is 32.7 Å².